The second-order valence-corrected chi connectivity index (χ2v) is 6.38. The number of nitriles is 1. The van der Waals surface area contributed by atoms with Gasteiger partial charge in [-0.2, -0.15) is 10.2 Å². The fourth-order valence-corrected chi connectivity index (χ4v) is 3.24. The Labute approximate surface area is 156 Å². The quantitative estimate of drug-likeness (QED) is 0.465. The Bertz CT molecular complexity index is 954. The highest BCUT2D eigenvalue weighted by Crippen LogP contribution is 2.31. The molecule has 3 rings (SSSR count). The van der Waals surface area contributed by atoms with Crippen LogP contribution in [0.25, 0.3) is 0 Å². The molecule has 6 heteroatoms. The third kappa shape index (κ3) is 4.32. The Morgan fingerprint density at radius 1 is 1.04 bits per heavy atom. The summed E-state index contributed by atoms with van der Waals surface area (Å²) >= 11 is 1.47. The topological polar surface area (TPSA) is 68.0 Å². The average Bonchev–Trinajstić information content (AvgIpc) is 2.66. The van der Waals surface area contributed by atoms with Gasteiger partial charge in [-0.15, -0.1) is 0 Å². The summed E-state index contributed by atoms with van der Waals surface area (Å²) < 4.78 is 11.2. The maximum atomic E-state index is 9.19. The molecule has 26 heavy (non-hydrogen) atoms. The van der Waals surface area contributed by atoms with Crippen molar-refractivity contribution >= 4 is 11.8 Å². The van der Waals surface area contributed by atoms with Crippen molar-refractivity contribution in [2.45, 2.75) is 17.8 Å². The van der Waals surface area contributed by atoms with Gasteiger partial charge in [-0.25, -0.2) is 4.98 Å². The molecular formula is C20H17N3O2S. The van der Waals surface area contributed by atoms with Crippen molar-refractivity contribution in [3.63, 3.8) is 0 Å². The highest BCUT2D eigenvalue weighted by molar-refractivity contribution is 7.98. The smallest absolute Gasteiger partial charge is 0.223 e. The average molecular weight is 363 g/mol. The van der Waals surface area contributed by atoms with Crippen LogP contribution in [0.2, 0.25) is 0 Å². The number of methoxy groups -OCH3 is 1. The summed E-state index contributed by atoms with van der Waals surface area (Å²) in [7, 11) is 1.60. The first-order valence-electron chi connectivity index (χ1n) is 7.97. The van der Waals surface area contributed by atoms with Crippen molar-refractivity contribution in [3.05, 3.63) is 71.4 Å². The molecule has 0 aliphatic rings. The molecule has 0 radical (unpaired) electrons. The molecule has 0 saturated carbocycles. The van der Waals surface area contributed by atoms with Crippen LogP contribution in [0.15, 0.2) is 59.8 Å². The van der Waals surface area contributed by atoms with Crippen molar-refractivity contribution in [1.29, 1.82) is 5.26 Å². The minimum atomic E-state index is 0.457. The van der Waals surface area contributed by atoms with E-state index in [-0.39, 0.29) is 0 Å². The molecule has 0 spiro atoms. The van der Waals surface area contributed by atoms with Gasteiger partial charge in [0.1, 0.15) is 0 Å². The number of ether oxygens (including phenoxy) is 2. The predicted molar refractivity (Wildman–Crippen MR) is 101 cm³/mol. The molecule has 0 aliphatic heterocycles. The molecule has 0 N–H and O–H groups in total. The molecule has 1 heterocycles. The van der Waals surface area contributed by atoms with Gasteiger partial charge in [-0.05, 0) is 30.7 Å². The second kappa shape index (κ2) is 8.37. The number of hydrogen-bond acceptors (Lipinski definition) is 6. The summed E-state index contributed by atoms with van der Waals surface area (Å²) in [4.78, 5) is 8.91. The fraction of sp³-hybridized carbons (Fsp3) is 0.150. The lowest BCUT2D eigenvalue weighted by molar-refractivity contribution is 0.372. The molecule has 3 aromatic rings. The van der Waals surface area contributed by atoms with Crippen LogP contribution in [-0.4, -0.2) is 17.1 Å². The zero-order valence-electron chi connectivity index (χ0n) is 14.5. The number of hydrogen-bond donors (Lipinski definition) is 0. The number of thioether (sulfide) groups is 1. The largest absolute Gasteiger partial charge is 0.493 e. The van der Waals surface area contributed by atoms with Crippen LogP contribution in [0.5, 0.6) is 17.4 Å². The van der Waals surface area contributed by atoms with Crippen molar-refractivity contribution in [1.82, 2.24) is 9.97 Å². The first-order chi connectivity index (χ1) is 12.7. The van der Waals surface area contributed by atoms with Gasteiger partial charge >= 0.3 is 0 Å². The molecule has 0 saturated heterocycles. The highest BCUT2D eigenvalue weighted by Gasteiger charge is 2.10. The van der Waals surface area contributed by atoms with Crippen LogP contribution < -0.4 is 9.47 Å². The van der Waals surface area contributed by atoms with Crippen LogP contribution in [-0.2, 0) is 5.75 Å². The lowest BCUT2D eigenvalue weighted by atomic mass is 10.1. The Morgan fingerprint density at radius 2 is 1.77 bits per heavy atom. The van der Waals surface area contributed by atoms with Crippen molar-refractivity contribution in [2.24, 2.45) is 0 Å². The van der Waals surface area contributed by atoms with E-state index in [2.05, 4.69) is 16.0 Å². The van der Waals surface area contributed by atoms with Crippen molar-refractivity contribution in [2.75, 3.05) is 7.11 Å². The van der Waals surface area contributed by atoms with E-state index in [4.69, 9.17) is 9.47 Å². The molecule has 0 amide bonds. The van der Waals surface area contributed by atoms with Crippen LogP contribution in [0, 0.1) is 18.3 Å². The lowest BCUT2D eigenvalue weighted by Gasteiger charge is -2.10. The summed E-state index contributed by atoms with van der Waals surface area (Å²) in [5.74, 6) is 2.30. The predicted octanol–water partition coefficient (Wildman–Crippen LogP) is 4.75. The molecule has 0 fully saturated rings. The summed E-state index contributed by atoms with van der Waals surface area (Å²) in [5.41, 5.74) is 2.43. The molecule has 0 bridgehead atoms. The zero-order valence-corrected chi connectivity index (χ0v) is 15.3. The summed E-state index contributed by atoms with van der Waals surface area (Å²) in [6.07, 6.45) is 0. The van der Waals surface area contributed by atoms with E-state index in [1.165, 1.54) is 11.8 Å². The van der Waals surface area contributed by atoms with Crippen LogP contribution in [0.1, 0.15) is 16.8 Å². The molecule has 5 nitrogen and oxygen atoms in total. The van der Waals surface area contributed by atoms with Gasteiger partial charge in [0, 0.05) is 17.5 Å². The van der Waals surface area contributed by atoms with E-state index in [1.54, 1.807) is 13.2 Å². The molecule has 0 aliphatic carbocycles. The van der Waals surface area contributed by atoms with Crippen LogP contribution in [0.4, 0.5) is 0 Å². The molecule has 0 unspecified atom stereocenters. The van der Waals surface area contributed by atoms with Gasteiger partial charge in [0.05, 0.1) is 18.7 Å². The van der Waals surface area contributed by atoms with E-state index in [9.17, 15) is 5.26 Å². The lowest BCUT2D eigenvalue weighted by Crippen LogP contribution is -1.97. The van der Waals surface area contributed by atoms with E-state index in [1.807, 2.05) is 55.5 Å². The van der Waals surface area contributed by atoms with Gasteiger partial charge < -0.3 is 9.47 Å². The SMILES string of the molecule is COc1ccccc1Oc1cc(C)nc(SCc2ccccc2C#N)n1. The highest BCUT2D eigenvalue weighted by atomic mass is 32.2. The number of benzene rings is 2. The number of nitrogens with zero attached hydrogens (tertiary/aromatic N) is 3. The van der Waals surface area contributed by atoms with E-state index >= 15 is 0 Å². The standard InChI is InChI=1S/C20H17N3O2S/c1-14-11-19(25-18-10-6-5-9-17(18)24-2)23-20(22-14)26-13-16-8-4-3-7-15(16)12-21/h3-11H,13H2,1-2H3. The molecule has 2 aromatic carbocycles. The zero-order chi connectivity index (χ0) is 18.4. The summed E-state index contributed by atoms with van der Waals surface area (Å²) in [6, 6.07) is 18.9. The van der Waals surface area contributed by atoms with Gasteiger partial charge in [0.25, 0.3) is 0 Å². The van der Waals surface area contributed by atoms with Gasteiger partial charge in [0.2, 0.25) is 5.88 Å². The number of rotatable bonds is 6. The van der Waals surface area contributed by atoms with Crippen molar-refractivity contribution < 1.29 is 9.47 Å². The minimum Gasteiger partial charge on any atom is -0.493 e. The Hall–Kier alpha value is -3.04. The Kier molecular flexibility index (Phi) is 5.72. The summed E-state index contributed by atoms with van der Waals surface area (Å²) in [5, 5.41) is 9.79. The molecule has 0 atom stereocenters. The monoisotopic (exact) mass is 363 g/mol. The summed E-state index contributed by atoms with van der Waals surface area (Å²) in [6.45, 7) is 1.89. The maximum Gasteiger partial charge on any atom is 0.223 e. The molecule has 1 aromatic heterocycles. The Balaban J connectivity index is 1.78. The van der Waals surface area contributed by atoms with Crippen LogP contribution in [0.3, 0.4) is 0 Å². The van der Waals surface area contributed by atoms with Gasteiger partial charge in [0.15, 0.2) is 16.7 Å². The van der Waals surface area contributed by atoms with E-state index < -0.39 is 0 Å². The van der Waals surface area contributed by atoms with Crippen molar-refractivity contribution in [3.8, 4) is 23.4 Å². The third-order valence-electron chi connectivity index (χ3n) is 3.59. The normalized spacial score (nSPS) is 10.2. The van der Waals surface area contributed by atoms with E-state index in [0.717, 1.165) is 11.3 Å². The van der Waals surface area contributed by atoms with Gasteiger partial charge in [-0.3, -0.25) is 0 Å². The third-order valence-corrected chi connectivity index (χ3v) is 4.48. The van der Waals surface area contributed by atoms with Gasteiger partial charge in [-0.1, -0.05) is 42.1 Å². The molecule has 130 valence electrons. The minimum absolute atomic E-state index is 0.457. The van der Waals surface area contributed by atoms with E-state index in [0.29, 0.717) is 33.9 Å². The first-order valence-corrected chi connectivity index (χ1v) is 8.95. The second-order valence-electron chi connectivity index (χ2n) is 5.44. The number of para-hydroxylation sites is 2. The molecular weight excluding hydrogens is 346 g/mol. The number of aryl methyl sites for hydroxylation is 1. The number of aromatic nitrogens is 2. The maximum absolute atomic E-state index is 9.19. The first kappa shape index (κ1) is 17.8. The Morgan fingerprint density at radius 3 is 2.54 bits per heavy atom. The fourth-order valence-electron chi connectivity index (χ4n) is 2.34. The van der Waals surface area contributed by atoms with Crippen LogP contribution >= 0.6 is 11.8 Å².